The van der Waals surface area contributed by atoms with E-state index in [0.717, 1.165) is 183 Å². The van der Waals surface area contributed by atoms with E-state index in [1.165, 1.54) is 78.1 Å². The van der Waals surface area contributed by atoms with Gasteiger partial charge in [-0.2, -0.15) is 18.3 Å². The molecule has 0 fully saturated rings. The lowest BCUT2D eigenvalue weighted by atomic mass is 9.88. The Kier molecular flexibility index (Phi) is 19.5. The fourth-order valence-corrected chi connectivity index (χ4v) is 18.4. The number of benzene rings is 16. The normalized spacial score (nSPS) is 12.1. The first-order valence-corrected chi connectivity index (χ1v) is 41.0. The highest BCUT2D eigenvalue weighted by Crippen LogP contribution is 2.53. The molecule has 0 amide bonds. The number of hydrogen-bond donors (Lipinski definition) is 0. The average Bonchev–Trinajstić information content (AvgIpc) is 1.32. The summed E-state index contributed by atoms with van der Waals surface area (Å²) in [5, 5.41) is 18.2. The van der Waals surface area contributed by atoms with Crippen LogP contribution in [-0.2, 0) is 33.0 Å². The molecule has 0 unspecified atom stereocenters. The van der Waals surface area contributed by atoms with Crippen LogP contribution in [0.5, 0.6) is 40.2 Å². The standard InChI is InChI=1S/C28H27N2.C26H19N2O4.C26H23N2O2.C26H21N2O2/c1-16-12-13-22-25(19(16)4)26-20(5)17(2)14-18(3)24(26)28-27(22)29-23(15-30(28)6)21-10-8-7-9-11-21;1-14-10-19-26(32-13-30-19)22-20(14)24-23(16-8-9-18-25(21(16)22)31-12-29-18)27-17(11-28(24)2)15-6-4-3-5-7-15;1-16-12-19(30-4)14-22-21-13-18(29-3)10-11-20(21)25-26(24(16)22)28(2)15-23(27-25)17-8-6-5-7-9-17;1-16-8-7-11-21-20-13-12-19(30-17(2)29)14-22(20)25-26(24(16)21)28(3)15-23(27-25)18-9-5-4-6-10-18/h7-15H,1-6H3;3-11H,12-13H2,1-2H3;5-15H,1-4H3;4-15H,1-3H3/q4*+1. The molecule has 22 rings (SSSR count). The quantitative estimate of drug-likeness (QED) is 0.0647. The van der Waals surface area contributed by atoms with Crippen molar-refractivity contribution in [3.8, 4) is 85.3 Å². The molecule has 0 bridgehead atoms. The zero-order chi connectivity index (χ0) is 84.2. The van der Waals surface area contributed by atoms with Crippen LogP contribution in [0.4, 0.5) is 0 Å². The molecule has 16 aromatic carbocycles. The van der Waals surface area contributed by atoms with Crippen LogP contribution < -0.4 is 51.4 Å². The van der Waals surface area contributed by atoms with Crippen molar-refractivity contribution in [3.63, 3.8) is 0 Å². The minimum atomic E-state index is -0.334. The summed E-state index contributed by atoms with van der Waals surface area (Å²) >= 11 is 0. The van der Waals surface area contributed by atoms with Gasteiger partial charge in [0, 0.05) is 72.3 Å². The number of rotatable bonds is 7. The largest absolute Gasteiger partial charge is 0.497 e. The fraction of sp³-hybridized carbons (Fsp3) is 0.160. The number of hydrogen-bond acceptors (Lipinski definition) is 12. The number of nitrogens with zero attached hydrogens (tertiary/aromatic N) is 8. The van der Waals surface area contributed by atoms with Crippen LogP contribution in [0, 0.1) is 55.4 Å². The van der Waals surface area contributed by atoms with E-state index in [4.69, 9.17) is 53.1 Å². The first-order chi connectivity index (χ1) is 59.2. The van der Waals surface area contributed by atoms with Gasteiger partial charge in [0.05, 0.1) is 35.8 Å². The van der Waals surface area contributed by atoms with E-state index < -0.39 is 0 Å². The molecule has 0 aliphatic carbocycles. The summed E-state index contributed by atoms with van der Waals surface area (Å²) in [4.78, 5) is 32.1. The number of carbonyl (C=O) groups is 1. The third kappa shape index (κ3) is 13.1. The average molecular weight is 1600 g/mol. The van der Waals surface area contributed by atoms with Gasteiger partial charge in [0.25, 0.3) is 0 Å². The monoisotopic (exact) mass is 1600 g/mol. The summed E-state index contributed by atoms with van der Waals surface area (Å²) in [6.07, 6.45) is 8.43. The second-order valence-electron chi connectivity index (χ2n) is 32.0. The van der Waals surface area contributed by atoms with Crippen molar-refractivity contribution in [2.45, 2.75) is 62.3 Å². The van der Waals surface area contributed by atoms with E-state index in [1.807, 2.05) is 97.1 Å². The molecule has 16 heteroatoms. The van der Waals surface area contributed by atoms with E-state index >= 15 is 0 Å². The molecule has 122 heavy (non-hydrogen) atoms. The lowest BCUT2D eigenvalue weighted by molar-refractivity contribution is -0.644. The maximum atomic E-state index is 11.5. The second-order valence-corrected chi connectivity index (χ2v) is 32.0. The molecule has 0 saturated heterocycles. The Morgan fingerprint density at radius 3 is 1.26 bits per heavy atom. The summed E-state index contributed by atoms with van der Waals surface area (Å²) in [7, 11) is 11.8. The van der Waals surface area contributed by atoms with E-state index in [0.29, 0.717) is 5.75 Å². The summed E-state index contributed by atoms with van der Waals surface area (Å²) in [6.45, 7) is 19.3. The molecule has 16 nitrogen and oxygen atoms in total. The Bertz CT molecular complexity index is 7800. The van der Waals surface area contributed by atoms with E-state index in [2.05, 4.69) is 254 Å². The van der Waals surface area contributed by atoms with Gasteiger partial charge in [0.1, 0.15) is 90.3 Å². The van der Waals surface area contributed by atoms with Crippen molar-refractivity contribution in [2.24, 2.45) is 28.2 Å². The molecule has 4 aromatic heterocycles. The maximum absolute atomic E-state index is 11.5. The second kappa shape index (κ2) is 30.9. The minimum absolute atomic E-state index is 0.199. The van der Waals surface area contributed by atoms with Crippen LogP contribution in [0.2, 0.25) is 0 Å². The van der Waals surface area contributed by atoms with E-state index in [9.17, 15) is 4.79 Å². The highest BCUT2D eigenvalue weighted by molar-refractivity contribution is 6.29. The summed E-state index contributed by atoms with van der Waals surface area (Å²) in [5.41, 5.74) is 26.6. The van der Waals surface area contributed by atoms with Gasteiger partial charge in [-0.05, 0) is 188 Å². The zero-order valence-corrected chi connectivity index (χ0v) is 70.9. The number of ether oxygens (including phenoxy) is 7. The van der Waals surface area contributed by atoms with Crippen molar-refractivity contribution >= 4 is 136 Å². The smallest absolute Gasteiger partial charge is 0.308 e. The van der Waals surface area contributed by atoms with Crippen molar-refractivity contribution in [1.82, 2.24) is 19.9 Å². The SMILES string of the molecule is CC(=O)Oc1ccc2c(c1)c1nc(-c3ccccc3)c[n+](C)c1c1c(C)cccc21.COc1ccc2c(c1)c1cc(OC)cc(C)c1c1c2nc(-c2ccccc2)c[n+]1C.Cc1cc2c(c3c4c5c(ccc4c4nc(-c6ccccc6)c[n+](C)c4c13)OCO5)OCO2.Cc1ccc2c3nc(-c4ccccc4)c[n+](C)c3c3c(C)cc(C)c(C)c3c2c1C. The predicted octanol–water partition coefficient (Wildman–Crippen LogP) is 22.0. The van der Waals surface area contributed by atoms with Crippen LogP contribution in [-0.4, -0.2) is 53.7 Å². The zero-order valence-electron chi connectivity index (χ0n) is 70.9. The van der Waals surface area contributed by atoms with Crippen LogP contribution in [0.1, 0.15) is 51.4 Å². The molecule has 0 spiro atoms. The lowest BCUT2D eigenvalue weighted by Crippen LogP contribution is -2.30. The van der Waals surface area contributed by atoms with Gasteiger partial charge >= 0.3 is 5.97 Å². The van der Waals surface area contributed by atoms with Gasteiger partial charge < -0.3 is 33.2 Å². The van der Waals surface area contributed by atoms with Gasteiger partial charge in [-0.25, -0.2) is 19.9 Å². The Labute approximate surface area is 705 Å². The van der Waals surface area contributed by atoms with Crippen molar-refractivity contribution in [3.05, 3.63) is 294 Å². The molecule has 2 aliphatic heterocycles. The maximum Gasteiger partial charge on any atom is 0.308 e. The number of fused-ring (bicyclic) bond motifs is 28. The summed E-state index contributed by atoms with van der Waals surface area (Å²) in [6, 6.07) is 76.5. The topological polar surface area (TPSA) is 149 Å². The molecule has 6 heterocycles. The summed E-state index contributed by atoms with van der Waals surface area (Å²) in [5.74, 6) is 4.82. The molecule has 598 valence electrons. The van der Waals surface area contributed by atoms with Crippen LogP contribution in [0.25, 0.3) is 175 Å². The van der Waals surface area contributed by atoms with Gasteiger partial charge in [-0.15, -0.1) is 0 Å². The van der Waals surface area contributed by atoms with Crippen molar-refractivity contribution < 1.29 is 56.2 Å². The number of methoxy groups -OCH3 is 2. The van der Waals surface area contributed by atoms with E-state index in [-0.39, 0.29) is 19.6 Å². The third-order valence-electron chi connectivity index (χ3n) is 24.3. The Balaban J connectivity index is 0.000000107. The number of esters is 1. The van der Waals surface area contributed by atoms with Gasteiger partial charge in [0.2, 0.25) is 35.7 Å². The molecular formula is C106H90N8O8+4. The molecular weight excluding hydrogens is 1510 g/mol. The van der Waals surface area contributed by atoms with Crippen LogP contribution in [0.15, 0.2) is 249 Å². The van der Waals surface area contributed by atoms with Gasteiger partial charge in [-0.3, -0.25) is 4.79 Å². The van der Waals surface area contributed by atoms with Crippen molar-refractivity contribution in [2.75, 3.05) is 27.8 Å². The number of aromatic nitrogens is 8. The predicted molar refractivity (Wildman–Crippen MR) is 488 cm³/mol. The van der Waals surface area contributed by atoms with Crippen LogP contribution in [0.3, 0.4) is 0 Å². The first kappa shape index (κ1) is 77.2. The van der Waals surface area contributed by atoms with Crippen molar-refractivity contribution in [1.29, 1.82) is 0 Å². The third-order valence-corrected chi connectivity index (χ3v) is 24.3. The fourth-order valence-electron chi connectivity index (χ4n) is 18.4. The summed E-state index contributed by atoms with van der Waals surface area (Å²) < 4.78 is 48.7. The number of aryl methyl sites for hydroxylation is 12. The first-order valence-electron chi connectivity index (χ1n) is 41.0. The molecule has 0 N–H and O–H groups in total. The number of carbonyl (C=O) groups excluding carboxylic acids is 1. The lowest BCUT2D eigenvalue weighted by Gasteiger charge is -2.17. The van der Waals surface area contributed by atoms with Crippen LogP contribution >= 0.6 is 0 Å². The van der Waals surface area contributed by atoms with Gasteiger partial charge in [-0.1, -0.05) is 158 Å². The van der Waals surface area contributed by atoms with E-state index in [1.54, 1.807) is 14.2 Å². The Morgan fingerprint density at radius 1 is 0.303 bits per heavy atom. The van der Waals surface area contributed by atoms with Gasteiger partial charge in [0.15, 0.2) is 47.8 Å². The Hall–Kier alpha value is -14.8. The molecule has 20 aromatic rings. The molecule has 0 radical (unpaired) electrons. The molecule has 0 saturated carbocycles. The molecule has 2 aliphatic rings. The highest BCUT2D eigenvalue weighted by Gasteiger charge is 2.33. The minimum Gasteiger partial charge on any atom is -0.497 e. The Morgan fingerprint density at radius 2 is 0.721 bits per heavy atom. The highest BCUT2D eigenvalue weighted by atomic mass is 16.7. The molecule has 0 atom stereocenters.